The number of nitrogens with one attached hydrogen (secondary N) is 1. The zero-order valence-corrected chi connectivity index (χ0v) is 16.1. The van der Waals surface area contributed by atoms with Gasteiger partial charge in [0, 0.05) is 24.4 Å². The van der Waals surface area contributed by atoms with Gasteiger partial charge in [-0.2, -0.15) is 9.41 Å². The molecule has 0 radical (unpaired) electrons. The highest BCUT2D eigenvalue weighted by atomic mass is 32.2. The lowest BCUT2D eigenvalue weighted by Crippen LogP contribution is -2.35. The van der Waals surface area contributed by atoms with Crippen LogP contribution in [0.2, 0.25) is 0 Å². The van der Waals surface area contributed by atoms with Crippen molar-refractivity contribution in [2.24, 2.45) is 11.0 Å². The van der Waals surface area contributed by atoms with E-state index in [1.54, 1.807) is 18.2 Å². The monoisotopic (exact) mass is 377 g/mol. The van der Waals surface area contributed by atoms with Crippen molar-refractivity contribution < 1.29 is 13.2 Å². The number of benzene rings is 1. The van der Waals surface area contributed by atoms with Crippen LogP contribution in [0.15, 0.2) is 34.3 Å². The molecule has 1 N–H and O–H groups in total. The molecule has 1 aromatic rings. The number of rotatable bonds is 4. The van der Waals surface area contributed by atoms with Gasteiger partial charge in [0.25, 0.3) is 5.91 Å². The number of carbonyl (C=O) groups is 1. The van der Waals surface area contributed by atoms with E-state index in [1.807, 2.05) is 0 Å². The summed E-state index contributed by atoms with van der Waals surface area (Å²) in [5.41, 5.74) is 3.93. The van der Waals surface area contributed by atoms with Crippen LogP contribution in [-0.4, -0.2) is 37.4 Å². The summed E-state index contributed by atoms with van der Waals surface area (Å²) in [7, 11) is -3.54. The molecule has 1 aliphatic heterocycles. The van der Waals surface area contributed by atoms with E-state index >= 15 is 0 Å². The van der Waals surface area contributed by atoms with Crippen molar-refractivity contribution in [1.82, 2.24) is 9.73 Å². The molecular weight excluding hydrogens is 350 g/mol. The minimum absolute atomic E-state index is 0.172. The molecular formula is C19H27N3O3S. The largest absolute Gasteiger partial charge is 0.271 e. The molecule has 1 saturated heterocycles. The number of carbonyl (C=O) groups excluding carboxylic acids is 1. The first-order valence-electron chi connectivity index (χ1n) is 9.45. The molecule has 6 nitrogen and oxygen atoms in total. The molecule has 26 heavy (non-hydrogen) atoms. The standard InChI is InChI=1S/C19H27N3O3S/c1-15-8-3-4-11-18(15)20-21-19(23)16-9-7-10-17(14-16)26(24,25)22-12-5-2-6-13-22/h7,9-10,14-15H,2-6,8,11-13H2,1H3,(H,21,23)/b20-18-/t15-/m1/s1. The molecule has 0 spiro atoms. The highest BCUT2D eigenvalue weighted by Crippen LogP contribution is 2.22. The Morgan fingerprint density at radius 1 is 1.15 bits per heavy atom. The van der Waals surface area contributed by atoms with Crippen LogP contribution in [0, 0.1) is 5.92 Å². The average Bonchev–Trinajstić information content (AvgIpc) is 2.68. The van der Waals surface area contributed by atoms with Gasteiger partial charge < -0.3 is 0 Å². The molecule has 1 saturated carbocycles. The van der Waals surface area contributed by atoms with Crippen LogP contribution in [0.5, 0.6) is 0 Å². The lowest BCUT2D eigenvalue weighted by atomic mass is 9.89. The first kappa shape index (κ1) is 19.0. The van der Waals surface area contributed by atoms with Gasteiger partial charge in [-0.1, -0.05) is 25.8 Å². The SMILES string of the molecule is C[C@@H]1CCCC/C1=N/NC(=O)c1cccc(S(=O)(=O)N2CCCCC2)c1. The van der Waals surface area contributed by atoms with Crippen LogP contribution in [0.1, 0.15) is 62.2 Å². The average molecular weight is 378 g/mol. The van der Waals surface area contributed by atoms with Gasteiger partial charge in [0.15, 0.2) is 0 Å². The number of nitrogens with zero attached hydrogens (tertiary/aromatic N) is 2. The molecule has 0 bridgehead atoms. The minimum Gasteiger partial charge on any atom is -0.267 e. The Balaban J connectivity index is 1.74. The van der Waals surface area contributed by atoms with Gasteiger partial charge in [0.2, 0.25) is 10.0 Å². The third-order valence-corrected chi connectivity index (χ3v) is 7.13. The fourth-order valence-corrected chi connectivity index (χ4v) is 5.14. The van der Waals surface area contributed by atoms with E-state index in [2.05, 4.69) is 17.5 Å². The third-order valence-electron chi connectivity index (χ3n) is 5.24. The first-order chi connectivity index (χ1) is 12.5. The van der Waals surface area contributed by atoms with Crippen molar-refractivity contribution in [2.45, 2.75) is 56.8 Å². The number of amides is 1. The summed E-state index contributed by atoms with van der Waals surface area (Å²) in [4.78, 5) is 12.6. The smallest absolute Gasteiger partial charge is 0.267 e. The Morgan fingerprint density at radius 3 is 2.65 bits per heavy atom. The van der Waals surface area contributed by atoms with Gasteiger partial charge in [0.05, 0.1) is 4.90 Å². The zero-order chi connectivity index (χ0) is 18.6. The number of hydrogen-bond donors (Lipinski definition) is 1. The predicted molar refractivity (Wildman–Crippen MR) is 102 cm³/mol. The highest BCUT2D eigenvalue weighted by molar-refractivity contribution is 7.89. The fourth-order valence-electron chi connectivity index (χ4n) is 3.57. The number of hydrogen-bond acceptors (Lipinski definition) is 4. The van der Waals surface area contributed by atoms with Gasteiger partial charge >= 0.3 is 0 Å². The molecule has 1 aliphatic carbocycles. The molecule has 0 aromatic heterocycles. The summed E-state index contributed by atoms with van der Waals surface area (Å²) >= 11 is 0. The normalized spacial score (nSPS) is 23.7. The van der Waals surface area contributed by atoms with E-state index in [-0.39, 0.29) is 10.8 Å². The van der Waals surface area contributed by atoms with Crippen molar-refractivity contribution in [3.05, 3.63) is 29.8 Å². The molecule has 142 valence electrons. The van der Waals surface area contributed by atoms with Crippen molar-refractivity contribution >= 4 is 21.6 Å². The Bertz CT molecular complexity index is 783. The summed E-state index contributed by atoms with van der Waals surface area (Å²) < 4.78 is 27.1. The van der Waals surface area contributed by atoms with Crippen molar-refractivity contribution in [3.8, 4) is 0 Å². The van der Waals surface area contributed by atoms with Gasteiger partial charge in [-0.25, -0.2) is 13.8 Å². The number of hydrazone groups is 1. The number of piperidine rings is 1. The van der Waals surface area contributed by atoms with E-state index < -0.39 is 10.0 Å². The van der Waals surface area contributed by atoms with Crippen molar-refractivity contribution in [3.63, 3.8) is 0 Å². The maximum atomic E-state index is 12.8. The van der Waals surface area contributed by atoms with E-state index in [0.29, 0.717) is 24.6 Å². The Labute approximate surface area is 155 Å². The Kier molecular flexibility index (Phi) is 6.09. The maximum Gasteiger partial charge on any atom is 0.271 e. The molecule has 0 unspecified atom stereocenters. The summed E-state index contributed by atoms with van der Waals surface area (Å²) in [5, 5.41) is 4.28. The summed E-state index contributed by atoms with van der Waals surface area (Å²) in [6.07, 6.45) is 7.13. The van der Waals surface area contributed by atoms with Crippen LogP contribution in [0.25, 0.3) is 0 Å². The summed E-state index contributed by atoms with van der Waals surface area (Å²) in [6.45, 7) is 3.21. The van der Waals surface area contributed by atoms with Crippen LogP contribution in [-0.2, 0) is 10.0 Å². The van der Waals surface area contributed by atoms with E-state index in [4.69, 9.17) is 0 Å². The fraction of sp³-hybridized carbons (Fsp3) is 0.579. The second-order valence-corrected chi connectivity index (χ2v) is 9.12. The summed E-state index contributed by atoms with van der Waals surface area (Å²) in [6, 6.07) is 6.23. The predicted octanol–water partition coefficient (Wildman–Crippen LogP) is 3.16. The highest BCUT2D eigenvalue weighted by Gasteiger charge is 2.26. The van der Waals surface area contributed by atoms with Crippen LogP contribution in [0.4, 0.5) is 0 Å². The lowest BCUT2D eigenvalue weighted by Gasteiger charge is -2.26. The molecule has 1 amide bonds. The van der Waals surface area contributed by atoms with E-state index in [0.717, 1.165) is 44.2 Å². The Hall–Kier alpha value is -1.73. The lowest BCUT2D eigenvalue weighted by molar-refractivity contribution is 0.0954. The van der Waals surface area contributed by atoms with Gasteiger partial charge in [0.1, 0.15) is 0 Å². The first-order valence-corrected chi connectivity index (χ1v) is 10.9. The second-order valence-electron chi connectivity index (χ2n) is 7.18. The van der Waals surface area contributed by atoms with Gasteiger partial charge in [-0.15, -0.1) is 0 Å². The topological polar surface area (TPSA) is 78.8 Å². The number of sulfonamides is 1. The molecule has 1 atom stereocenters. The molecule has 2 fully saturated rings. The zero-order valence-electron chi connectivity index (χ0n) is 15.3. The van der Waals surface area contributed by atoms with Gasteiger partial charge in [-0.3, -0.25) is 4.79 Å². The molecule has 1 heterocycles. The van der Waals surface area contributed by atoms with Crippen molar-refractivity contribution in [1.29, 1.82) is 0 Å². The van der Waals surface area contributed by atoms with Gasteiger partial charge in [-0.05, 0) is 56.2 Å². The van der Waals surface area contributed by atoms with Crippen molar-refractivity contribution in [2.75, 3.05) is 13.1 Å². The molecule has 3 rings (SSSR count). The second kappa shape index (κ2) is 8.31. The third kappa shape index (κ3) is 4.32. The quantitative estimate of drug-likeness (QED) is 0.819. The van der Waals surface area contributed by atoms with E-state index in [9.17, 15) is 13.2 Å². The van der Waals surface area contributed by atoms with E-state index in [1.165, 1.54) is 16.8 Å². The van der Waals surface area contributed by atoms with Crippen LogP contribution in [0.3, 0.4) is 0 Å². The Morgan fingerprint density at radius 2 is 1.92 bits per heavy atom. The molecule has 7 heteroatoms. The summed E-state index contributed by atoms with van der Waals surface area (Å²) in [5.74, 6) is 0.0147. The van der Waals surface area contributed by atoms with Crippen LogP contribution < -0.4 is 5.43 Å². The molecule has 2 aliphatic rings. The molecule has 1 aromatic carbocycles. The minimum atomic E-state index is -3.54. The maximum absolute atomic E-state index is 12.8. The van der Waals surface area contributed by atoms with Crippen LogP contribution >= 0.6 is 0 Å².